The maximum Gasteiger partial charge on any atom is 0.409 e. The van der Waals surface area contributed by atoms with E-state index in [-0.39, 0.29) is 0 Å². The van der Waals surface area contributed by atoms with E-state index in [1.807, 2.05) is 0 Å². The molecule has 11 heavy (non-hydrogen) atoms. The fraction of sp³-hybridized carbons (Fsp3) is 0.800. The maximum absolute atomic E-state index is 11.6. The van der Waals surface area contributed by atoms with Gasteiger partial charge in [-0.25, -0.2) is 4.79 Å². The molecule has 6 heteroatoms. The van der Waals surface area contributed by atoms with Crippen molar-refractivity contribution in [1.82, 2.24) is 4.90 Å². The second kappa shape index (κ2) is 3.47. The second-order valence-electron chi connectivity index (χ2n) is 2.11. The summed E-state index contributed by atoms with van der Waals surface area (Å²) in [6.45, 7) is -1.32. The molecule has 0 aliphatic heterocycles. The van der Waals surface area contributed by atoms with E-state index in [1.165, 1.54) is 14.1 Å². The molecule has 0 aromatic rings. The molecule has 0 bridgehead atoms. The van der Waals surface area contributed by atoms with Crippen LogP contribution in [0.2, 0.25) is 0 Å². The molecule has 0 aromatic heterocycles. The van der Waals surface area contributed by atoms with Gasteiger partial charge in [0.2, 0.25) is 0 Å². The summed E-state index contributed by atoms with van der Waals surface area (Å²) in [5, 5.41) is 7.82. The third-order valence-electron chi connectivity index (χ3n) is 0.734. The second-order valence-corrected chi connectivity index (χ2v) is 2.11. The van der Waals surface area contributed by atoms with Crippen LogP contribution >= 0.6 is 0 Å². The van der Waals surface area contributed by atoms with Crippen LogP contribution in [0.25, 0.3) is 0 Å². The number of carbonyl (C=O) groups excluding carboxylic acids is 1. The van der Waals surface area contributed by atoms with Crippen molar-refractivity contribution in [2.75, 3.05) is 20.7 Å². The predicted molar refractivity (Wildman–Crippen MR) is 32.2 cm³/mol. The SMILES string of the molecule is CN(C)C(=O)OCC(O)(F)F. The molecule has 0 unspecified atom stereocenters. The Morgan fingerprint density at radius 1 is 1.64 bits per heavy atom. The molecule has 0 heterocycles. The van der Waals surface area contributed by atoms with Gasteiger partial charge in [-0.1, -0.05) is 0 Å². The van der Waals surface area contributed by atoms with Crippen LogP contribution in [0, 0.1) is 0 Å². The molecule has 0 atom stereocenters. The molecule has 0 aliphatic rings. The Morgan fingerprint density at radius 3 is 2.36 bits per heavy atom. The number of amides is 1. The Hall–Kier alpha value is -0.910. The van der Waals surface area contributed by atoms with Gasteiger partial charge in [0.25, 0.3) is 0 Å². The average molecular weight is 169 g/mol. The molecular formula is C5H9F2NO3. The third kappa shape index (κ3) is 5.53. The Morgan fingerprint density at radius 2 is 2.09 bits per heavy atom. The number of carbonyl (C=O) groups is 1. The van der Waals surface area contributed by atoms with Crippen LogP contribution in [-0.4, -0.2) is 42.9 Å². The van der Waals surface area contributed by atoms with Crippen molar-refractivity contribution in [2.24, 2.45) is 0 Å². The van der Waals surface area contributed by atoms with E-state index in [1.54, 1.807) is 0 Å². The van der Waals surface area contributed by atoms with Crippen LogP contribution in [0.1, 0.15) is 0 Å². The first-order valence-corrected chi connectivity index (χ1v) is 2.77. The van der Waals surface area contributed by atoms with Crippen LogP contribution in [0.3, 0.4) is 0 Å². The van der Waals surface area contributed by atoms with Crippen molar-refractivity contribution in [3.05, 3.63) is 0 Å². The monoisotopic (exact) mass is 169 g/mol. The highest BCUT2D eigenvalue weighted by molar-refractivity contribution is 5.66. The van der Waals surface area contributed by atoms with Gasteiger partial charge in [0.1, 0.15) is 0 Å². The number of hydrogen-bond donors (Lipinski definition) is 1. The van der Waals surface area contributed by atoms with Gasteiger partial charge in [0, 0.05) is 14.1 Å². The molecule has 66 valence electrons. The molecule has 0 aromatic carbocycles. The zero-order chi connectivity index (χ0) is 9.07. The number of aliphatic hydroxyl groups is 1. The molecule has 0 saturated carbocycles. The quantitative estimate of drug-likeness (QED) is 0.645. The van der Waals surface area contributed by atoms with Crippen molar-refractivity contribution in [3.63, 3.8) is 0 Å². The first kappa shape index (κ1) is 10.1. The topological polar surface area (TPSA) is 49.8 Å². The third-order valence-corrected chi connectivity index (χ3v) is 0.734. The number of alkyl halides is 2. The molecule has 0 saturated heterocycles. The van der Waals surface area contributed by atoms with Crippen LogP contribution in [-0.2, 0) is 4.74 Å². The highest BCUT2D eigenvalue weighted by atomic mass is 19.3. The van der Waals surface area contributed by atoms with E-state index >= 15 is 0 Å². The van der Waals surface area contributed by atoms with Gasteiger partial charge in [-0.3, -0.25) is 0 Å². The molecule has 0 aliphatic carbocycles. The number of hydrogen-bond acceptors (Lipinski definition) is 3. The summed E-state index contributed by atoms with van der Waals surface area (Å²) in [6, 6.07) is 0. The summed E-state index contributed by atoms with van der Waals surface area (Å²) in [4.78, 5) is 11.4. The van der Waals surface area contributed by atoms with E-state index in [0.717, 1.165) is 4.90 Å². The lowest BCUT2D eigenvalue weighted by Gasteiger charge is -2.13. The zero-order valence-electron chi connectivity index (χ0n) is 6.17. The minimum Gasteiger partial charge on any atom is -0.440 e. The van der Waals surface area contributed by atoms with Crippen molar-refractivity contribution < 1.29 is 23.4 Å². The lowest BCUT2D eigenvalue weighted by Crippen LogP contribution is -2.30. The summed E-state index contributed by atoms with van der Waals surface area (Å²) >= 11 is 0. The minimum absolute atomic E-state index is 0.918. The molecule has 1 amide bonds. The fourth-order valence-electron chi connectivity index (χ4n) is 0.278. The van der Waals surface area contributed by atoms with Gasteiger partial charge in [-0.05, 0) is 0 Å². The highest BCUT2D eigenvalue weighted by Gasteiger charge is 2.26. The molecule has 0 rings (SSSR count). The first-order valence-electron chi connectivity index (χ1n) is 2.77. The summed E-state index contributed by atoms with van der Waals surface area (Å²) in [5.41, 5.74) is 0. The highest BCUT2D eigenvalue weighted by Crippen LogP contribution is 2.07. The van der Waals surface area contributed by atoms with E-state index in [0.29, 0.717) is 0 Å². The summed E-state index contributed by atoms with van der Waals surface area (Å²) in [5.74, 6) is 0. The van der Waals surface area contributed by atoms with E-state index < -0.39 is 18.8 Å². The Bertz CT molecular complexity index is 143. The Kier molecular flexibility index (Phi) is 3.18. The van der Waals surface area contributed by atoms with Gasteiger partial charge >= 0.3 is 12.2 Å². The first-order chi connectivity index (χ1) is 4.83. The number of nitrogens with zero attached hydrogens (tertiary/aromatic N) is 1. The minimum atomic E-state index is -3.95. The van der Waals surface area contributed by atoms with E-state index in [4.69, 9.17) is 5.11 Å². The maximum atomic E-state index is 11.6. The van der Waals surface area contributed by atoms with Gasteiger partial charge in [-0.2, -0.15) is 8.78 Å². The number of rotatable bonds is 2. The Balaban J connectivity index is 3.64. The largest absolute Gasteiger partial charge is 0.440 e. The van der Waals surface area contributed by atoms with Crippen molar-refractivity contribution in [1.29, 1.82) is 0 Å². The molecule has 4 nitrogen and oxygen atoms in total. The standard InChI is InChI=1S/C5H9F2NO3/c1-8(2)4(9)11-3-5(6,7)10/h10H,3H2,1-2H3. The van der Waals surface area contributed by atoms with Crippen molar-refractivity contribution in [3.8, 4) is 0 Å². The molecular weight excluding hydrogens is 160 g/mol. The Labute approximate surface area is 62.4 Å². The zero-order valence-corrected chi connectivity index (χ0v) is 6.17. The summed E-state index contributed by atoms with van der Waals surface area (Å²) < 4.78 is 27.2. The lowest BCUT2D eigenvalue weighted by atomic mass is 10.7. The van der Waals surface area contributed by atoms with Crippen LogP contribution in [0.4, 0.5) is 13.6 Å². The van der Waals surface area contributed by atoms with Gasteiger partial charge in [0.05, 0.1) is 0 Å². The predicted octanol–water partition coefficient (Wildman–Crippen LogP) is 0.270. The fourth-order valence-corrected chi connectivity index (χ4v) is 0.278. The van der Waals surface area contributed by atoms with Gasteiger partial charge in [0.15, 0.2) is 6.61 Å². The van der Waals surface area contributed by atoms with Crippen LogP contribution < -0.4 is 0 Å². The van der Waals surface area contributed by atoms with Gasteiger partial charge in [-0.15, -0.1) is 0 Å². The molecule has 1 N–H and O–H groups in total. The van der Waals surface area contributed by atoms with Crippen LogP contribution in [0.5, 0.6) is 0 Å². The number of halogens is 2. The van der Waals surface area contributed by atoms with Crippen molar-refractivity contribution in [2.45, 2.75) is 6.11 Å². The number of ether oxygens (including phenoxy) is 1. The van der Waals surface area contributed by atoms with Gasteiger partial charge < -0.3 is 14.7 Å². The molecule has 0 spiro atoms. The molecule has 0 radical (unpaired) electrons. The molecule has 0 fully saturated rings. The summed E-state index contributed by atoms with van der Waals surface area (Å²) in [6.07, 6.45) is -4.87. The van der Waals surface area contributed by atoms with E-state index in [2.05, 4.69) is 4.74 Å². The van der Waals surface area contributed by atoms with Crippen LogP contribution in [0.15, 0.2) is 0 Å². The summed E-state index contributed by atoms with van der Waals surface area (Å²) in [7, 11) is 2.69. The average Bonchev–Trinajstić information content (AvgIpc) is 1.80. The lowest BCUT2D eigenvalue weighted by molar-refractivity contribution is -0.222. The normalized spacial score (nSPS) is 11.0. The van der Waals surface area contributed by atoms with E-state index in [9.17, 15) is 13.6 Å². The smallest absolute Gasteiger partial charge is 0.409 e. The van der Waals surface area contributed by atoms with Crippen molar-refractivity contribution >= 4 is 6.09 Å².